The van der Waals surface area contributed by atoms with Crippen molar-refractivity contribution in [1.29, 1.82) is 0 Å². The molecule has 1 heterocycles. The third kappa shape index (κ3) is 4.94. The van der Waals surface area contributed by atoms with Crippen LogP contribution in [0.5, 0.6) is 0 Å². The van der Waals surface area contributed by atoms with Crippen LogP contribution < -0.4 is 4.90 Å². The van der Waals surface area contributed by atoms with Crippen LogP contribution in [0.25, 0.3) is 0 Å². The van der Waals surface area contributed by atoms with Crippen molar-refractivity contribution >= 4 is 11.6 Å². The van der Waals surface area contributed by atoms with Gasteiger partial charge in [-0.1, -0.05) is 17.7 Å². The number of carbonyl (C=O) groups excluding carboxylic acids is 1. The van der Waals surface area contributed by atoms with Gasteiger partial charge in [0, 0.05) is 38.4 Å². The highest BCUT2D eigenvalue weighted by molar-refractivity contribution is 6.11. The van der Waals surface area contributed by atoms with Gasteiger partial charge in [-0.25, -0.2) is 9.97 Å². The van der Waals surface area contributed by atoms with Crippen LogP contribution >= 0.6 is 0 Å². The maximum Gasteiger partial charge on any atom is 0.212 e. The average Bonchev–Trinajstić information content (AvgIpc) is 2.62. The van der Waals surface area contributed by atoms with Crippen LogP contribution in [-0.2, 0) is 9.47 Å². The van der Waals surface area contributed by atoms with Crippen molar-refractivity contribution in [3.63, 3.8) is 0 Å². The number of hydrogen-bond acceptors (Lipinski definition) is 6. The van der Waals surface area contributed by atoms with Crippen molar-refractivity contribution in [2.24, 2.45) is 0 Å². The van der Waals surface area contributed by atoms with Gasteiger partial charge in [0.1, 0.15) is 17.3 Å². The summed E-state index contributed by atoms with van der Waals surface area (Å²) in [5.74, 6) is 1.27. The molecule has 0 radical (unpaired) electrons. The third-order valence-electron chi connectivity index (χ3n) is 4.78. The van der Waals surface area contributed by atoms with E-state index in [9.17, 15) is 4.79 Å². The van der Waals surface area contributed by atoms with Crippen molar-refractivity contribution in [1.82, 2.24) is 9.97 Å². The van der Waals surface area contributed by atoms with Crippen molar-refractivity contribution in [2.75, 3.05) is 45.4 Å². The van der Waals surface area contributed by atoms with Crippen LogP contribution in [0, 0.1) is 34.6 Å². The fourth-order valence-corrected chi connectivity index (χ4v) is 3.53. The summed E-state index contributed by atoms with van der Waals surface area (Å²) in [7, 11) is 3.34. The quantitative estimate of drug-likeness (QED) is 0.617. The van der Waals surface area contributed by atoms with E-state index in [1.165, 1.54) is 0 Å². The first-order valence-electron chi connectivity index (χ1n) is 9.50. The Morgan fingerprint density at radius 3 is 1.96 bits per heavy atom. The van der Waals surface area contributed by atoms with Gasteiger partial charge >= 0.3 is 0 Å². The van der Waals surface area contributed by atoms with E-state index < -0.39 is 0 Å². The molecule has 1 aromatic heterocycles. The van der Waals surface area contributed by atoms with Gasteiger partial charge in [0.15, 0.2) is 0 Å². The summed E-state index contributed by atoms with van der Waals surface area (Å²) in [6, 6.07) is 4.07. The number of methoxy groups -OCH3 is 2. The van der Waals surface area contributed by atoms with Crippen LogP contribution in [-0.4, -0.2) is 56.3 Å². The Labute approximate surface area is 167 Å². The molecule has 0 amide bonds. The van der Waals surface area contributed by atoms with E-state index in [0.717, 1.165) is 33.6 Å². The van der Waals surface area contributed by atoms with Gasteiger partial charge in [-0.05, 0) is 45.7 Å². The van der Waals surface area contributed by atoms with Gasteiger partial charge in [0.25, 0.3) is 0 Å². The molecule has 0 atom stereocenters. The summed E-state index contributed by atoms with van der Waals surface area (Å²) in [4.78, 5) is 24.6. The Morgan fingerprint density at radius 2 is 1.46 bits per heavy atom. The van der Waals surface area contributed by atoms with E-state index in [1.54, 1.807) is 14.2 Å². The van der Waals surface area contributed by atoms with Crippen molar-refractivity contribution in [3.8, 4) is 0 Å². The zero-order valence-corrected chi connectivity index (χ0v) is 18.0. The van der Waals surface area contributed by atoms with Crippen molar-refractivity contribution in [2.45, 2.75) is 34.6 Å². The highest BCUT2D eigenvalue weighted by atomic mass is 16.5. The molecular weight excluding hydrogens is 354 g/mol. The molecule has 2 rings (SSSR count). The molecule has 0 unspecified atom stereocenters. The number of ketones is 1. The summed E-state index contributed by atoms with van der Waals surface area (Å²) in [6.07, 6.45) is 0. The molecule has 0 fully saturated rings. The molecule has 0 saturated heterocycles. The molecule has 0 saturated carbocycles. The number of rotatable bonds is 9. The highest BCUT2D eigenvalue weighted by Gasteiger charge is 2.23. The number of ether oxygens (including phenoxy) is 2. The number of aromatic nitrogens is 2. The Hall–Kier alpha value is -2.31. The van der Waals surface area contributed by atoms with Gasteiger partial charge in [-0.3, -0.25) is 4.79 Å². The molecule has 1 aromatic carbocycles. The lowest BCUT2D eigenvalue weighted by molar-refractivity contribution is 0.103. The lowest BCUT2D eigenvalue weighted by Gasteiger charge is -2.26. The predicted molar refractivity (Wildman–Crippen MR) is 112 cm³/mol. The smallest absolute Gasteiger partial charge is 0.212 e. The van der Waals surface area contributed by atoms with Gasteiger partial charge in [-0.2, -0.15) is 0 Å². The van der Waals surface area contributed by atoms with Crippen LogP contribution in [0.2, 0.25) is 0 Å². The minimum Gasteiger partial charge on any atom is -0.383 e. The third-order valence-corrected chi connectivity index (χ3v) is 4.78. The summed E-state index contributed by atoms with van der Waals surface area (Å²) < 4.78 is 10.5. The van der Waals surface area contributed by atoms with E-state index in [0.29, 0.717) is 37.8 Å². The average molecular weight is 386 g/mol. The molecule has 6 nitrogen and oxygen atoms in total. The minimum atomic E-state index is -0.0577. The zero-order valence-electron chi connectivity index (χ0n) is 18.0. The lowest BCUT2D eigenvalue weighted by atomic mass is 9.94. The number of nitrogens with zero attached hydrogens (tertiary/aromatic N) is 3. The summed E-state index contributed by atoms with van der Waals surface area (Å²) in [5.41, 5.74) is 5.04. The van der Waals surface area contributed by atoms with E-state index >= 15 is 0 Å². The second kappa shape index (κ2) is 9.75. The minimum absolute atomic E-state index is 0.0577. The molecule has 0 N–H and O–H groups in total. The Kier molecular flexibility index (Phi) is 7.66. The van der Waals surface area contributed by atoms with E-state index in [2.05, 4.69) is 14.9 Å². The van der Waals surface area contributed by atoms with E-state index in [1.807, 2.05) is 46.8 Å². The monoisotopic (exact) mass is 385 g/mol. The SMILES string of the molecule is COCCN(CCOC)c1nc(C)nc(C(=O)c2c(C)cc(C)cc2C)c1C. The molecule has 0 aliphatic heterocycles. The Bertz CT molecular complexity index is 818. The largest absolute Gasteiger partial charge is 0.383 e. The molecular formula is C22H31N3O3. The Morgan fingerprint density at radius 1 is 0.929 bits per heavy atom. The molecule has 0 spiro atoms. The molecule has 0 aliphatic rings. The number of aryl methyl sites for hydroxylation is 4. The van der Waals surface area contributed by atoms with E-state index in [4.69, 9.17) is 9.47 Å². The molecule has 28 heavy (non-hydrogen) atoms. The maximum atomic E-state index is 13.4. The molecule has 152 valence electrons. The normalized spacial score (nSPS) is 11.0. The first-order valence-corrected chi connectivity index (χ1v) is 9.50. The number of hydrogen-bond donors (Lipinski definition) is 0. The first-order chi connectivity index (χ1) is 13.3. The maximum absolute atomic E-state index is 13.4. The van der Waals surface area contributed by atoms with Gasteiger partial charge in [-0.15, -0.1) is 0 Å². The van der Waals surface area contributed by atoms with Crippen LogP contribution in [0.3, 0.4) is 0 Å². The first kappa shape index (κ1) is 22.0. The topological polar surface area (TPSA) is 64.6 Å². The number of anilines is 1. The fraction of sp³-hybridized carbons (Fsp3) is 0.500. The van der Waals surface area contributed by atoms with Crippen LogP contribution in [0.4, 0.5) is 5.82 Å². The highest BCUT2D eigenvalue weighted by Crippen LogP contribution is 2.25. The number of carbonyl (C=O) groups is 1. The fourth-order valence-electron chi connectivity index (χ4n) is 3.53. The molecule has 0 bridgehead atoms. The second-order valence-electron chi connectivity index (χ2n) is 7.14. The lowest BCUT2D eigenvalue weighted by Crippen LogP contribution is -2.33. The van der Waals surface area contributed by atoms with Gasteiger partial charge in [0.05, 0.1) is 13.2 Å². The van der Waals surface area contributed by atoms with Crippen LogP contribution in [0.15, 0.2) is 12.1 Å². The molecule has 0 aliphatic carbocycles. The summed E-state index contributed by atoms with van der Waals surface area (Å²) >= 11 is 0. The Balaban J connectivity index is 2.53. The second-order valence-corrected chi connectivity index (χ2v) is 7.14. The van der Waals surface area contributed by atoms with Gasteiger partial charge < -0.3 is 14.4 Å². The molecule has 2 aromatic rings. The van der Waals surface area contributed by atoms with Crippen LogP contribution in [0.1, 0.15) is 44.1 Å². The number of benzene rings is 1. The summed E-state index contributed by atoms with van der Waals surface area (Å²) in [6.45, 7) is 12.2. The van der Waals surface area contributed by atoms with E-state index in [-0.39, 0.29) is 5.78 Å². The zero-order chi connectivity index (χ0) is 20.8. The van der Waals surface area contributed by atoms with Crippen molar-refractivity contribution in [3.05, 3.63) is 51.5 Å². The van der Waals surface area contributed by atoms with Gasteiger partial charge in [0.2, 0.25) is 5.78 Å². The van der Waals surface area contributed by atoms with Crippen molar-refractivity contribution < 1.29 is 14.3 Å². The summed E-state index contributed by atoms with van der Waals surface area (Å²) in [5, 5.41) is 0. The standard InChI is InChI=1S/C22H31N3O3/c1-14-12-15(2)19(16(3)13-14)21(26)20-17(4)22(24-18(5)23-20)25(8-10-27-6)9-11-28-7/h12-13H,8-11H2,1-7H3. The predicted octanol–water partition coefficient (Wildman–Crippen LogP) is 3.35. The molecule has 6 heteroatoms.